The molecule has 27 heavy (non-hydrogen) atoms. The number of alkyl halides is 1. The largest absolute Gasteiger partial charge is 0.346 e. The van der Waals surface area contributed by atoms with Crippen molar-refractivity contribution in [2.75, 3.05) is 6.67 Å². The molecule has 0 atom stereocenters. The molecule has 0 bridgehead atoms. The minimum Gasteiger partial charge on any atom is -0.346 e. The van der Waals surface area contributed by atoms with E-state index < -0.39 is 12.5 Å². The van der Waals surface area contributed by atoms with Crippen molar-refractivity contribution in [3.8, 4) is 0 Å². The maximum absolute atomic E-state index is 13.2. The van der Waals surface area contributed by atoms with Gasteiger partial charge in [0.05, 0.1) is 23.1 Å². The van der Waals surface area contributed by atoms with Crippen molar-refractivity contribution in [1.29, 1.82) is 0 Å². The lowest BCUT2D eigenvalue weighted by Crippen LogP contribution is -2.15. The van der Waals surface area contributed by atoms with Crippen LogP contribution in [0.3, 0.4) is 0 Å². The normalized spacial score (nSPS) is 11.0. The van der Waals surface area contributed by atoms with E-state index in [9.17, 15) is 18.0 Å². The third-order valence-electron chi connectivity index (χ3n) is 3.29. The highest BCUT2D eigenvalue weighted by atomic mass is 19.2. The van der Waals surface area contributed by atoms with Gasteiger partial charge >= 0.3 is 5.69 Å². The molecule has 0 saturated heterocycles. The zero-order valence-electron chi connectivity index (χ0n) is 15.8. The number of fused-ring (bicyclic) bond motifs is 3. The summed E-state index contributed by atoms with van der Waals surface area (Å²) in [6.07, 6.45) is 6.37. The molecule has 3 aromatic rings. The first-order valence-electron chi connectivity index (χ1n) is 8.67. The summed E-state index contributed by atoms with van der Waals surface area (Å²) in [6, 6.07) is 1.86. The minimum atomic E-state index is -1.06. The summed E-state index contributed by atoms with van der Waals surface area (Å²) in [5.41, 5.74) is 1.85. The Balaban J connectivity index is 0.000000390. The first-order chi connectivity index (χ1) is 12.9. The molecule has 0 radical (unpaired) electrons. The van der Waals surface area contributed by atoms with Crippen LogP contribution in [-0.2, 0) is 6.54 Å². The van der Waals surface area contributed by atoms with E-state index in [0.29, 0.717) is 17.6 Å². The van der Waals surface area contributed by atoms with E-state index in [0.717, 1.165) is 10.9 Å². The quantitative estimate of drug-likeness (QED) is 0.641. The summed E-state index contributed by atoms with van der Waals surface area (Å²) in [6.45, 7) is 7.77. The van der Waals surface area contributed by atoms with E-state index in [4.69, 9.17) is 0 Å². The fraction of sp³-hybridized carbons (Fsp3) is 0.368. The van der Waals surface area contributed by atoms with Gasteiger partial charge in [0.25, 0.3) is 0 Å². The molecule has 0 unspecified atom stereocenters. The molecule has 0 aromatic carbocycles. The summed E-state index contributed by atoms with van der Waals surface area (Å²) in [5.74, 6) is -1.13. The van der Waals surface area contributed by atoms with Crippen LogP contribution in [0.15, 0.2) is 47.6 Å². The molecular formula is C19H25F3N4O. The number of rotatable bonds is 4. The highest BCUT2D eigenvalue weighted by Crippen LogP contribution is 2.20. The molecule has 8 heteroatoms. The molecule has 0 aliphatic heterocycles. The molecule has 0 aliphatic rings. The number of H-pyrrole nitrogens is 2. The van der Waals surface area contributed by atoms with Crippen molar-refractivity contribution in [1.82, 2.24) is 19.5 Å². The number of imidazole rings is 1. The first-order valence-corrected chi connectivity index (χ1v) is 8.67. The molecule has 3 heterocycles. The molecule has 0 aliphatic carbocycles. The van der Waals surface area contributed by atoms with Gasteiger partial charge in [-0.3, -0.25) is 4.57 Å². The van der Waals surface area contributed by atoms with Crippen LogP contribution in [-0.4, -0.2) is 26.2 Å². The van der Waals surface area contributed by atoms with Crippen molar-refractivity contribution >= 4 is 22.1 Å². The second-order valence-corrected chi connectivity index (χ2v) is 5.66. The van der Waals surface area contributed by atoms with Crippen molar-refractivity contribution in [2.45, 2.75) is 40.2 Å². The number of allylic oxidation sites excluding steroid dienone is 3. The molecule has 5 nitrogen and oxygen atoms in total. The Morgan fingerprint density at radius 3 is 2.52 bits per heavy atom. The summed E-state index contributed by atoms with van der Waals surface area (Å²) in [7, 11) is 0. The van der Waals surface area contributed by atoms with E-state index in [2.05, 4.69) is 35.4 Å². The van der Waals surface area contributed by atoms with E-state index in [1.807, 2.05) is 6.07 Å². The maximum atomic E-state index is 13.2. The average Bonchev–Trinajstić information content (AvgIpc) is 3.24. The molecular weight excluding hydrogens is 357 g/mol. The van der Waals surface area contributed by atoms with Gasteiger partial charge in [-0.25, -0.2) is 22.9 Å². The smallest absolute Gasteiger partial charge is 0.326 e. The average molecular weight is 382 g/mol. The predicted octanol–water partition coefficient (Wildman–Crippen LogP) is 5.32. The lowest BCUT2D eigenvalue weighted by Gasteiger charge is -2.00. The van der Waals surface area contributed by atoms with Gasteiger partial charge in [-0.15, -0.1) is 0 Å². The second kappa shape index (κ2) is 11.1. The maximum Gasteiger partial charge on any atom is 0.326 e. The van der Waals surface area contributed by atoms with E-state index >= 15 is 0 Å². The number of nitrogens with one attached hydrogen (secondary N) is 2. The Morgan fingerprint density at radius 2 is 1.96 bits per heavy atom. The summed E-state index contributed by atoms with van der Waals surface area (Å²) < 4.78 is 36.2. The van der Waals surface area contributed by atoms with Gasteiger partial charge < -0.3 is 9.97 Å². The van der Waals surface area contributed by atoms with Crippen LogP contribution in [0.1, 0.15) is 33.6 Å². The molecule has 3 rings (SSSR count). The summed E-state index contributed by atoms with van der Waals surface area (Å²) in [5, 5.41) is 0.848. The van der Waals surface area contributed by atoms with Crippen LogP contribution in [0.25, 0.3) is 22.1 Å². The van der Waals surface area contributed by atoms with Crippen LogP contribution >= 0.6 is 0 Å². The number of hydrogen-bond donors (Lipinski definition) is 2. The zero-order chi connectivity index (χ0) is 20.4. The number of pyridine rings is 1. The van der Waals surface area contributed by atoms with Crippen LogP contribution in [0.4, 0.5) is 13.2 Å². The van der Waals surface area contributed by atoms with Crippen LogP contribution in [0, 0.1) is 0 Å². The van der Waals surface area contributed by atoms with Gasteiger partial charge in [-0.05, 0) is 18.6 Å². The van der Waals surface area contributed by atoms with Gasteiger partial charge in [-0.2, -0.15) is 0 Å². The summed E-state index contributed by atoms with van der Waals surface area (Å²) >= 11 is 0. The monoisotopic (exact) mass is 382 g/mol. The van der Waals surface area contributed by atoms with Crippen molar-refractivity contribution in [3.05, 3.63) is 53.3 Å². The third-order valence-corrected chi connectivity index (χ3v) is 3.29. The molecule has 0 amide bonds. The van der Waals surface area contributed by atoms with Crippen LogP contribution in [0.2, 0.25) is 0 Å². The minimum absolute atomic E-state index is 0.211. The molecule has 0 fully saturated rings. The van der Waals surface area contributed by atoms with E-state index in [1.165, 1.54) is 17.1 Å². The number of hydrogen-bond acceptors (Lipinski definition) is 2. The fourth-order valence-electron chi connectivity index (χ4n) is 2.17. The summed E-state index contributed by atoms with van der Waals surface area (Å²) in [4.78, 5) is 21.9. The molecule has 148 valence electrons. The number of aromatic nitrogens is 4. The standard InChI is InChI=1S/C13H13FN4O.C3H4F2.C3H8/c1-2-8(14)4-6-18-11-9-3-5-15-12(9)16-7-10(11)17-13(18)19;1-3(5)2-4;1-3-2/h3-5,7H,2,6H2,1H3,(H,15,16)(H,17,19);1-2H2;3H2,1-2H3. The Kier molecular flexibility index (Phi) is 9.12. The number of nitrogens with zero attached hydrogens (tertiary/aromatic N) is 2. The lowest BCUT2D eigenvalue weighted by atomic mass is 10.3. The number of aromatic amines is 2. The Morgan fingerprint density at radius 1 is 1.33 bits per heavy atom. The second-order valence-electron chi connectivity index (χ2n) is 5.66. The molecule has 2 N–H and O–H groups in total. The van der Waals surface area contributed by atoms with Gasteiger partial charge in [0.15, 0.2) is 0 Å². The number of halogens is 3. The van der Waals surface area contributed by atoms with Crippen molar-refractivity contribution in [2.24, 2.45) is 0 Å². The van der Waals surface area contributed by atoms with E-state index in [-0.39, 0.29) is 18.1 Å². The Bertz CT molecular complexity index is 953. The van der Waals surface area contributed by atoms with Crippen molar-refractivity contribution in [3.63, 3.8) is 0 Å². The van der Waals surface area contributed by atoms with Gasteiger partial charge in [0.1, 0.15) is 18.1 Å². The SMILES string of the molecule is C=C(F)CF.CCC.CCC(F)=CCn1c(=O)[nH]c2cnc3[nH]ccc3c21. The third kappa shape index (κ3) is 6.16. The first kappa shape index (κ1) is 22.3. The zero-order valence-corrected chi connectivity index (χ0v) is 15.8. The highest BCUT2D eigenvalue weighted by Gasteiger charge is 2.11. The van der Waals surface area contributed by atoms with Crippen LogP contribution < -0.4 is 5.69 Å². The molecule has 0 saturated carbocycles. The van der Waals surface area contributed by atoms with Crippen LogP contribution in [0.5, 0.6) is 0 Å². The fourth-order valence-corrected chi connectivity index (χ4v) is 2.17. The topological polar surface area (TPSA) is 66.5 Å². The lowest BCUT2D eigenvalue weighted by molar-refractivity contribution is 0.462. The highest BCUT2D eigenvalue weighted by molar-refractivity contribution is 6.00. The van der Waals surface area contributed by atoms with Crippen molar-refractivity contribution < 1.29 is 13.2 Å². The predicted molar refractivity (Wildman–Crippen MR) is 104 cm³/mol. The Hall–Kier alpha value is -2.77. The Labute approximate surface area is 155 Å². The van der Waals surface area contributed by atoms with Gasteiger partial charge in [0.2, 0.25) is 0 Å². The molecule has 3 aromatic heterocycles. The van der Waals surface area contributed by atoms with E-state index in [1.54, 1.807) is 19.3 Å². The van der Waals surface area contributed by atoms with Gasteiger partial charge in [0, 0.05) is 18.1 Å². The van der Waals surface area contributed by atoms with Gasteiger partial charge in [-0.1, -0.05) is 33.8 Å². The molecule has 0 spiro atoms.